The van der Waals surface area contributed by atoms with Crippen LogP contribution in [0.4, 0.5) is 0 Å². The number of piperidine rings is 1. The molecular weight excluding hydrogens is 997 g/mol. The molecule has 0 aromatic carbocycles. The molecule has 2 unspecified atom stereocenters. The molecule has 1 amide bonds. The standard InChI is InChI=1S/C54H84INO13/c1-33-17-12-11-13-18-34(2)45(64-8)31-41-22-20-39(7)54(63,69-41)51(60)52(61)56-25-15-14-19-42(56)53(62)68-46(36(4)29-40-21-23-44(47(30-40)65-9)67-26-16-24-55)32-43(57)35(3)28-38(6)49(59)50(66-10)48(58)37(5)27-33/h11-13,17-18,28,33,35-37,39-42,44-47,49-50,59,63H,14-16,19-27,29-32H2,1-10H3/b13-11+,17-12+,34-18+,38-28+/t33-,35-,36-,37-,39-,40+,41?,42+,44-,45+,46?,47-,49-,50+,54-/m1/s1. The van der Waals surface area contributed by atoms with Gasteiger partial charge in [-0.3, -0.25) is 19.2 Å². The van der Waals surface area contributed by atoms with E-state index in [1.165, 1.54) is 12.0 Å². The molecule has 14 nitrogen and oxygen atoms in total. The maximum absolute atomic E-state index is 14.5. The number of alkyl halides is 1. The van der Waals surface area contributed by atoms with Gasteiger partial charge in [-0.1, -0.05) is 93.7 Å². The normalized spacial score (nSPS) is 38.8. The minimum Gasteiger partial charge on any atom is -0.460 e. The van der Waals surface area contributed by atoms with Gasteiger partial charge >= 0.3 is 5.97 Å². The molecule has 15 atom stereocenters. The van der Waals surface area contributed by atoms with Crippen molar-refractivity contribution in [2.45, 2.75) is 186 Å². The maximum Gasteiger partial charge on any atom is 0.329 e. The van der Waals surface area contributed by atoms with Gasteiger partial charge in [0.05, 0.1) is 24.4 Å². The first kappa shape index (κ1) is 58.9. The van der Waals surface area contributed by atoms with E-state index < -0.39 is 77.8 Å². The van der Waals surface area contributed by atoms with E-state index in [4.69, 9.17) is 28.4 Å². The quantitative estimate of drug-likeness (QED) is 0.0536. The van der Waals surface area contributed by atoms with Crippen LogP contribution < -0.4 is 0 Å². The number of methoxy groups -OCH3 is 3. The molecule has 1 aliphatic carbocycles. The zero-order chi connectivity index (χ0) is 51.0. The van der Waals surface area contributed by atoms with E-state index in [0.717, 1.165) is 35.7 Å². The van der Waals surface area contributed by atoms with Gasteiger partial charge in [-0.2, -0.15) is 0 Å². The number of nitrogens with zero attached hydrogens (tertiary/aromatic N) is 1. The molecule has 0 aromatic rings. The lowest BCUT2D eigenvalue weighted by Gasteiger charge is -2.42. The van der Waals surface area contributed by atoms with Crippen LogP contribution in [0.5, 0.6) is 0 Å². The fourth-order valence-electron chi connectivity index (χ4n) is 10.6. The summed E-state index contributed by atoms with van der Waals surface area (Å²) in [4.78, 5) is 72.3. The summed E-state index contributed by atoms with van der Waals surface area (Å²) in [7, 11) is 4.67. The van der Waals surface area contributed by atoms with Crippen molar-refractivity contribution in [2.24, 2.45) is 35.5 Å². The van der Waals surface area contributed by atoms with Crippen LogP contribution in [-0.2, 0) is 52.4 Å². The van der Waals surface area contributed by atoms with Crippen LogP contribution in [-0.4, -0.2) is 138 Å². The lowest BCUT2D eigenvalue weighted by Crippen LogP contribution is -2.61. The zero-order valence-corrected chi connectivity index (χ0v) is 45.2. The lowest BCUT2D eigenvalue weighted by atomic mass is 9.78. The summed E-state index contributed by atoms with van der Waals surface area (Å²) in [6, 6.07) is -1.13. The summed E-state index contributed by atoms with van der Waals surface area (Å²) in [5.74, 6) is -7.71. The van der Waals surface area contributed by atoms with Crippen molar-refractivity contribution in [3.63, 3.8) is 0 Å². The monoisotopic (exact) mass is 1080 g/mol. The fraction of sp³-hybridized carbons (Fsp3) is 0.759. The number of aliphatic hydroxyl groups is 2. The van der Waals surface area contributed by atoms with E-state index >= 15 is 0 Å². The highest BCUT2D eigenvalue weighted by atomic mass is 127. The van der Waals surface area contributed by atoms with E-state index in [-0.39, 0.29) is 60.9 Å². The molecule has 1 saturated carbocycles. The third-order valence-electron chi connectivity index (χ3n) is 15.1. The highest BCUT2D eigenvalue weighted by Crippen LogP contribution is 2.38. The Morgan fingerprint density at radius 3 is 2.29 bits per heavy atom. The highest BCUT2D eigenvalue weighted by Gasteiger charge is 2.53. The zero-order valence-electron chi connectivity index (χ0n) is 43.1. The average molecular weight is 1080 g/mol. The second-order valence-corrected chi connectivity index (χ2v) is 21.6. The molecule has 0 spiro atoms. The molecule has 4 rings (SSSR count). The van der Waals surface area contributed by atoms with Crippen LogP contribution in [0, 0.1) is 35.5 Å². The van der Waals surface area contributed by atoms with Crippen LogP contribution in [0.25, 0.3) is 0 Å². The molecule has 0 aromatic heterocycles. The van der Waals surface area contributed by atoms with Gasteiger partial charge in [-0.25, -0.2) is 4.79 Å². The number of Topliss-reactive ketones (excluding diaryl/α,β-unsaturated/α-hetero) is 3. The number of carbonyl (C=O) groups is 5. The number of amides is 1. The molecule has 390 valence electrons. The van der Waals surface area contributed by atoms with Crippen LogP contribution in [0.3, 0.4) is 0 Å². The second kappa shape index (κ2) is 28.6. The number of fused-ring (bicyclic) bond motifs is 3. The van der Waals surface area contributed by atoms with Crippen molar-refractivity contribution in [1.29, 1.82) is 0 Å². The first-order valence-electron chi connectivity index (χ1n) is 25.5. The van der Waals surface area contributed by atoms with Gasteiger partial charge in [-0.05, 0) is 113 Å². The molecule has 0 radical (unpaired) electrons. The molecule has 2 N–H and O–H groups in total. The van der Waals surface area contributed by atoms with Gasteiger partial charge in [0.25, 0.3) is 11.7 Å². The number of esters is 1. The number of halogens is 1. The molecule has 2 saturated heterocycles. The van der Waals surface area contributed by atoms with Gasteiger partial charge in [0, 0.05) is 69.5 Å². The largest absolute Gasteiger partial charge is 0.460 e. The molecule has 4 aliphatic rings. The minimum atomic E-state index is -2.42. The molecular formula is C54H84INO13. The number of hydrogen-bond donors (Lipinski definition) is 2. The topological polar surface area (TPSA) is 184 Å². The summed E-state index contributed by atoms with van der Waals surface area (Å²) in [5, 5.41) is 23.5. The number of ether oxygens (including phenoxy) is 6. The first-order chi connectivity index (χ1) is 32.8. The van der Waals surface area contributed by atoms with Gasteiger partial charge < -0.3 is 43.5 Å². The lowest BCUT2D eigenvalue weighted by molar-refractivity contribution is -0.265. The maximum atomic E-state index is 14.5. The Kier molecular flexibility index (Phi) is 24.4. The van der Waals surface area contributed by atoms with Crippen molar-refractivity contribution in [1.82, 2.24) is 4.90 Å². The Labute approximate surface area is 425 Å². The Morgan fingerprint density at radius 2 is 1.61 bits per heavy atom. The summed E-state index contributed by atoms with van der Waals surface area (Å²) in [6.07, 6.45) is 13.8. The molecule has 2 bridgehead atoms. The van der Waals surface area contributed by atoms with E-state index in [1.54, 1.807) is 41.1 Å². The number of ketones is 3. The van der Waals surface area contributed by atoms with Crippen molar-refractivity contribution in [2.75, 3.05) is 38.9 Å². The van der Waals surface area contributed by atoms with Gasteiger partial charge in [0.1, 0.15) is 30.1 Å². The third-order valence-corrected chi connectivity index (χ3v) is 15.8. The van der Waals surface area contributed by atoms with Gasteiger partial charge in [-0.15, -0.1) is 0 Å². The van der Waals surface area contributed by atoms with Crippen LogP contribution >= 0.6 is 22.6 Å². The van der Waals surface area contributed by atoms with E-state index in [1.807, 2.05) is 58.1 Å². The molecule has 69 heavy (non-hydrogen) atoms. The van der Waals surface area contributed by atoms with Crippen LogP contribution in [0.2, 0.25) is 0 Å². The Morgan fingerprint density at radius 1 is 0.870 bits per heavy atom. The summed E-state index contributed by atoms with van der Waals surface area (Å²) in [5.41, 5.74) is 1.29. The van der Waals surface area contributed by atoms with E-state index in [2.05, 4.69) is 22.6 Å². The van der Waals surface area contributed by atoms with Crippen LogP contribution in [0.15, 0.2) is 47.6 Å². The minimum absolute atomic E-state index is 0.0166. The van der Waals surface area contributed by atoms with Crippen LogP contribution in [0.1, 0.15) is 132 Å². The van der Waals surface area contributed by atoms with Crippen molar-refractivity contribution >= 4 is 51.8 Å². The molecule has 3 aliphatic heterocycles. The van der Waals surface area contributed by atoms with Gasteiger partial charge in [0.15, 0.2) is 5.78 Å². The van der Waals surface area contributed by atoms with Crippen molar-refractivity contribution in [3.05, 3.63) is 47.6 Å². The predicted octanol–water partition coefficient (Wildman–Crippen LogP) is 8.03. The SMILES string of the molecule is CO[C@H]1CC2CC[C@@H](C)[C@@](O)(O2)C(=O)C(=O)N2CCCC[C@H]2C(=O)OC([C@H](C)C[C@@H]2CC[C@@H](OCCCI)[C@H](OC)C2)CC(=O)[C@H](C)/C=C(\C)[C@@H](O)[C@@H](OC)C(=O)[C@H](C)C[C@H](C)/C=C/C=C/C=C/1C. The number of allylic oxidation sites excluding steroid dienone is 6. The predicted molar refractivity (Wildman–Crippen MR) is 272 cm³/mol. The number of carbonyl (C=O) groups excluding carboxylic acids is 5. The number of rotatable bonds is 10. The average Bonchev–Trinajstić information content (AvgIpc) is 3.33. The fourth-order valence-corrected chi connectivity index (χ4v) is 10.9. The smallest absolute Gasteiger partial charge is 0.329 e. The Hall–Kier alpha value is -2.64. The molecule has 3 fully saturated rings. The highest BCUT2D eigenvalue weighted by molar-refractivity contribution is 14.1. The Bertz CT molecular complexity index is 1830. The van der Waals surface area contributed by atoms with Gasteiger partial charge in [0.2, 0.25) is 5.79 Å². The number of aliphatic hydroxyl groups excluding tert-OH is 1. The van der Waals surface area contributed by atoms with Crippen molar-refractivity contribution in [3.8, 4) is 0 Å². The second-order valence-electron chi connectivity index (χ2n) is 20.5. The number of cyclic esters (lactones) is 1. The summed E-state index contributed by atoms with van der Waals surface area (Å²) >= 11 is 2.34. The third kappa shape index (κ3) is 16.4. The van der Waals surface area contributed by atoms with E-state index in [9.17, 15) is 34.2 Å². The van der Waals surface area contributed by atoms with E-state index in [0.29, 0.717) is 57.1 Å². The van der Waals surface area contributed by atoms with Crippen molar-refractivity contribution < 1.29 is 62.6 Å². The Balaban J connectivity index is 1.69. The molecule has 15 heteroatoms. The molecule has 3 heterocycles. The number of hydrogen-bond acceptors (Lipinski definition) is 13. The summed E-state index contributed by atoms with van der Waals surface area (Å²) in [6.45, 7) is 13.6. The first-order valence-corrected chi connectivity index (χ1v) is 27.0. The summed E-state index contributed by atoms with van der Waals surface area (Å²) < 4.78 is 37.1.